The number of esters is 1. The number of hydrogen-bond acceptors (Lipinski definition) is 6. The molecule has 0 fully saturated rings. The molecule has 32 heavy (non-hydrogen) atoms. The van der Waals surface area contributed by atoms with Crippen LogP contribution >= 0.6 is 0 Å². The molecule has 0 bridgehead atoms. The Morgan fingerprint density at radius 3 is 2.75 bits per heavy atom. The van der Waals surface area contributed by atoms with E-state index in [4.69, 9.17) is 23.6 Å². The van der Waals surface area contributed by atoms with Crippen molar-refractivity contribution in [3.05, 3.63) is 70.9 Å². The molecule has 0 aliphatic heterocycles. The van der Waals surface area contributed by atoms with Crippen LogP contribution in [0.3, 0.4) is 0 Å². The maximum Gasteiger partial charge on any atom is 0.341 e. The number of ether oxygens (including phenoxy) is 3. The number of allylic oxidation sites excluding steroid dienone is 1. The topological polar surface area (TPSA) is 70.8 Å². The van der Waals surface area contributed by atoms with E-state index in [9.17, 15) is 9.18 Å². The Bertz CT molecular complexity index is 1180. The maximum atomic E-state index is 14.2. The molecule has 0 radical (unpaired) electrons. The average molecular weight is 439 g/mol. The Labute approximate surface area is 186 Å². The van der Waals surface area contributed by atoms with Crippen molar-refractivity contribution < 1.29 is 27.8 Å². The summed E-state index contributed by atoms with van der Waals surface area (Å²) < 4.78 is 37.5. The number of pyridine rings is 1. The van der Waals surface area contributed by atoms with Gasteiger partial charge >= 0.3 is 5.97 Å². The second-order valence-electron chi connectivity index (χ2n) is 8.10. The van der Waals surface area contributed by atoms with Crippen molar-refractivity contribution in [1.82, 2.24) is 4.98 Å². The Balaban J connectivity index is 1.84. The van der Waals surface area contributed by atoms with Gasteiger partial charge in [0.2, 0.25) is 5.71 Å². The molecule has 0 saturated heterocycles. The van der Waals surface area contributed by atoms with Gasteiger partial charge in [0, 0.05) is 19.1 Å². The molecule has 1 aliphatic carbocycles. The van der Waals surface area contributed by atoms with Gasteiger partial charge in [0.05, 0.1) is 30.0 Å². The van der Waals surface area contributed by atoms with E-state index in [0.717, 1.165) is 16.5 Å². The SMILES string of the molecule is COc1c2c(nc3occc13)C(CC=C(C)C)(OC)C(OC(=O)c1ccccc1F)CC2. The van der Waals surface area contributed by atoms with Gasteiger partial charge in [-0.2, -0.15) is 0 Å². The van der Waals surface area contributed by atoms with Crippen LogP contribution in [0, 0.1) is 5.82 Å². The van der Waals surface area contributed by atoms with Crippen molar-refractivity contribution in [2.45, 2.75) is 44.8 Å². The van der Waals surface area contributed by atoms with Crippen LogP contribution < -0.4 is 4.74 Å². The first kappa shape index (κ1) is 22.0. The minimum Gasteiger partial charge on any atom is -0.496 e. The molecular weight excluding hydrogens is 413 g/mol. The van der Waals surface area contributed by atoms with E-state index in [-0.39, 0.29) is 5.56 Å². The number of benzene rings is 1. The number of furan rings is 1. The van der Waals surface area contributed by atoms with Crippen LogP contribution in [-0.2, 0) is 21.5 Å². The molecule has 2 heterocycles. The zero-order valence-corrected chi connectivity index (χ0v) is 18.6. The number of carbonyl (C=O) groups is 1. The first-order chi connectivity index (χ1) is 15.4. The minimum absolute atomic E-state index is 0.113. The number of halogens is 1. The van der Waals surface area contributed by atoms with Gasteiger partial charge in [-0.3, -0.25) is 0 Å². The number of rotatable bonds is 6. The van der Waals surface area contributed by atoms with Crippen molar-refractivity contribution in [1.29, 1.82) is 0 Å². The average Bonchev–Trinajstić information content (AvgIpc) is 3.25. The summed E-state index contributed by atoms with van der Waals surface area (Å²) in [6.07, 6.45) is 4.33. The Morgan fingerprint density at radius 1 is 1.28 bits per heavy atom. The fourth-order valence-corrected chi connectivity index (χ4v) is 4.34. The highest BCUT2D eigenvalue weighted by Gasteiger charge is 2.49. The van der Waals surface area contributed by atoms with Crippen LogP contribution in [0.2, 0.25) is 0 Å². The normalized spacial score (nSPS) is 20.0. The van der Waals surface area contributed by atoms with Crippen molar-refractivity contribution in [2.24, 2.45) is 0 Å². The number of nitrogens with zero attached hydrogens (tertiary/aromatic N) is 1. The molecule has 1 aliphatic rings. The maximum absolute atomic E-state index is 14.2. The molecule has 2 atom stereocenters. The lowest BCUT2D eigenvalue weighted by Crippen LogP contribution is -2.48. The first-order valence-electron chi connectivity index (χ1n) is 10.5. The molecule has 2 aromatic heterocycles. The monoisotopic (exact) mass is 439 g/mol. The summed E-state index contributed by atoms with van der Waals surface area (Å²) in [5.41, 5.74) is 1.80. The molecule has 0 spiro atoms. The van der Waals surface area contributed by atoms with Gasteiger partial charge in [0.1, 0.15) is 17.7 Å². The summed E-state index contributed by atoms with van der Waals surface area (Å²) in [5.74, 6) is -0.685. The van der Waals surface area contributed by atoms with Gasteiger partial charge in [0.15, 0.2) is 5.60 Å². The largest absolute Gasteiger partial charge is 0.496 e. The third-order valence-corrected chi connectivity index (χ3v) is 5.97. The number of hydrogen-bond donors (Lipinski definition) is 0. The zero-order valence-electron chi connectivity index (χ0n) is 18.6. The molecule has 168 valence electrons. The van der Waals surface area contributed by atoms with E-state index in [1.165, 1.54) is 18.2 Å². The van der Waals surface area contributed by atoms with Crippen molar-refractivity contribution in [2.75, 3.05) is 14.2 Å². The third-order valence-electron chi connectivity index (χ3n) is 5.97. The predicted octanol–water partition coefficient (Wildman–Crippen LogP) is 5.35. The van der Waals surface area contributed by atoms with Crippen molar-refractivity contribution >= 4 is 17.1 Å². The molecule has 7 heteroatoms. The number of aromatic nitrogens is 1. The Kier molecular flexibility index (Phi) is 6.02. The van der Waals surface area contributed by atoms with Crippen LogP contribution in [0.5, 0.6) is 5.75 Å². The highest BCUT2D eigenvalue weighted by Crippen LogP contribution is 2.47. The lowest BCUT2D eigenvalue weighted by Gasteiger charge is -2.42. The van der Waals surface area contributed by atoms with E-state index in [2.05, 4.69) is 0 Å². The highest BCUT2D eigenvalue weighted by atomic mass is 19.1. The molecule has 0 amide bonds. The minimum atomic E-state index is -1.08. The quantitative estimate of drug-likeness (QED) is 0.381. The lowest BCUT2D eigenvalue weighted by atomic mass is 9.77. The molecule has 2 unspecified atom stereocenters. The Hall–Kier alpha value is -3.19. The third kappa shape index (κ3) is 3.66. The smallest absolute Gasteiger partial charge is 0.341 e. The molecule has 6 nitrogen and oxygen atoms in total. The summed E-state index contributed by atoms with van der Waals surface area (Å²) in [5, 5.41) is 0.778. The summed E-state index contributed by atoms with van der Waals surface area (Å²) >= 11 is 0. The molecule has 0 saturated carbocycles. The van der Waals surface area contributed by atoms with Crippen LogP contribution in [0.25, 0.3) is 11.1 Å². The predicted molar refractivity (Wildman–Crippen MR) is 117 cm³/mol. The van der Waals surface area contributed by atoms with Gasteiger partial charge < -0.3 is 18.6 Å². The summed E-state index contributed by atoms with van der Waals surface area (Å²) in [6, 6.07) is 7.59. The van der Waals surface area contributed by atoms with Gasteiger partial charge in [-0.25, -0.2) is 14.2 Å². The zero-order chi connectivity index (χ0) is 22.9. The number of methoxy groups -OCH3 is 2. The highest BCUT2D eigenvalue weighted by molar-refractivity contribution is 5.90. The van der Waals surface area contributed by atoms with Crippen LogP contribution in [0.15, 0.2) is 52.7 Å². The summed E-state index contributed by atoms with van der Waals surface area (Å²) in [4.78, 5) is 17.7. The fourth-order valence-electron chi connectivity index (χ4n) is 4.34. The van der Waals surface area contributed by atoms with Crippen molar-refractivity contribution in [3.63, 3.8) is 0 Å². The van der Waals surface area contributed by atoms with E-state index < -0.39 is 23.5 Å². The van der Waals surface area contributed by atoms with E-state index in [1.54, 1.807) is 26.5 Å². The Morgan fingerprint density at radius 2 is 2.06 bits per heavy atom. The molecular formula is C25H26FNO5. The van der Waals surface area contributed by atoms with E-state index >= 15 is 0 Å². The van der Waals surface area contributed by atoms with Crippen molar-refractivity contribution in [3.8, 4) is 5.75 Å². The number of fused-ring (bicyclic) bond motifs is 2. The lowest BCUT2D eigenvalue weighted by molar-refractivity contribution is -0.124. The first-order valence-corrected chi connectivity index (χ1v) is 10.5. The van der Waals surface area contributed by atoms with E-state index in [1.807, 2.05) is 26.0 Å². The van der Waals surface area contributed by atoms with Gasteiger partial charge in [-0.05, 0) is 44.9 Å². The van der Waals surface area contributed by atoms with Gasteiger partial charge in [-0.1, -0.05) is 23.8 Å². The molecule has 0 N–H and O–H groups in total. The molecule has 1 aromatic carbocycles. The summed E-state index contributed by atoms with van der Waals surface area (Å²) in [6.45, 7) is 3.97. The number of carbonyl (C=O) groups excluding carboxylic acids is 1. The van der Waals surface area contributed by atoms with Gasteiger partial charge in [-0.15, -0.1) is 0 Å². The second kappa shape index (κ2) is 8.74. The standard InChI is InChI=1S/C25H26FNO5/c1-15(2)11-13-25(30-4)20(32-24(28)16-7-5-6-8-19(16)26)10-9-17-21(29-3)18-12-14-31-23(18)27-22(17)25/h5-8,11-12,14,20H,9-10,13H2,1-4H3. The fraction of sp³-hybridized carbons (Fsp3) is 0.360. The molecule has 4 rings (SSSR count). The van der Waals surface area contributed by atoms with Gasteiger partial charge in [0.25, 0.3) is 0 Å². The summed E-state index contributed by atoms with van der Waals surface area (Å²) in [7, 11) is 3.18. The van der Waals surface area contributed by atoms with Crippen LogP contribution in [-0.4, -0.2) is 31.3 Å². The van der Waals surface area contributed by atoms with Crippen LogP contribution in [0.1, 0.15) is 48.3 Å². The van der Waals surface area contributed by atoms with Crippen LogP contribution in [0.4, 0.5) is 4.39 Å². The van der Waals surface area contributed by atoms with E-state index in [0.29, 0.717) is 36.4 Å². The molecule has 3 aromatic rings. The second-order valence-corrected chi connectivity index (χ2v) is 8.10.